The van der Waals surface area contributed by atoms with Crippen LogP contribution in [0.1, 0.15) is 0 Å². The van der Waals surface area contributed by atoms with Gasteiger partial charge in [0.1, 0.15) is 15.9 Å². The van der Waals surface area contributed by atoms with Crippen molar-refractivity contribution in [2.45, 2.75) is 12.1 Å². The van der Waals surface area contributed by atoms with Gasteiger partial charge in [-0.3, -0.25) is 4.79 Å². The molecule has 0 heterocycles. The van der Waals surface area contributed by atoms with Gasteiger partial charge in [-0.15, -0.1) is 0 Å². The molecule has 6 nitrogen and oxygen atoms in total. The van der Waals surface area contributed by atoms with Crippen molar-refractivity contribution >= 4 is 15.8 Å². The molecule has 0 rings (SSSR count). The van der Waals surface area contributed by atoms with Crippen LogP contribution in [0.2, 0.25) is 0 Å². The molecule has 0 fully saturated rings. The molecule has 12 heavy (non-hydrogen) atoms. The van der Waals surface area contributed by atoms with Gasteiger partial charge in [-0.1, -0.05) is 0 Å². The van der Waals surface area contributed by atoms with Crippen molar-refractivity contribution in [1.29, 1.82) is 0 Å². The number of carboxylic acid groups (broad SMARTS) is 1. The topological polar surface area (TPSA) is 118 Å². The van der Waals surface area contributed by atoms with E-state index in [0.717, 1.165) is 6.26 Å². The predicted octanol–water partition coefficient (Wildman–Crippen LogP) is -2.20. The van der Waals surface area contributed by atoms with Gasteiger partial charge in [0.25, 0.3) is 0 Å². The van der Waals surface area contributed by atoms with Crippen LogP contribution in [-0.4, -0.2) is 48.8 Å². The fourth-order valence-electron chi connectivity index (χ4n) is 0.578. The Morgan fingerprint density at radius 2 is 2.00 bits per heavy atom. The van der Waals surface area contributed by atoms with Gasteiger partial charge in [-0.05, 0) is 0 Å². The second kappa shape index (κ2) is 3.83. The van der Waals surface area contributed by atoms with E-state index in [9.17, 15) is 13.2 Å². The highest BCUT2D eigenvalue weighted by atomic mass is 32.2. The Bertz CT molecular complexity index is 259. The van der Waals surface area contributed by atoms with Gasteiger partial charge in [-0.25, -0.2) is 8.42 Å². The van der Waals surface area contributed by atoms with E-state index in [0.29, 0.717) is 0 Å². The van der Waals surface area contributed by atoms with E-state index >= 15 is 0 Å². The van der Waals surface area contributed by atoms with Crippen LogP contribution in [0.4, 0.5) is 0 Å². The summed E-state index contributed by atoms with van der Waals surface area (Å²) in [6.07, 6.45) is -0.664. The van der Waals surface area contributed by atoms with Crippen LogP contribution in [0.3, 0.4) is 0 Å². The van der Waals surface area contributed by atoms with E-state index in [2.05, 4.69) is 0 Å². The van der Waals surface area contributed by atoms with Gasteiger partial charge in [0.05, 0.1) is 11.9 Å². The number of nitrogens with two attached hydrogens (primary N) is 1. The molecule has 2 unspecified atom stereocenters. The lowest BCUT2D eigenvalue weighted by Gasteiger charge is -2.12. The van der Waals surface area contributed by atoms with Crippen LogP contribution in [-0.2, 0) is 14.6 Å². The smallest absolute Gasteiger partial charge is 0.323 e. The van der Waals surface area contributed by atoms with Crippen LogP contribution in [0.25, 0.3) is 0 Å². The van der Waals surface area contributed by atoms with Crippen molar-refractivity contribution in [1.82, 2.24) is 0 Å². The molecule has 0 saturated heterocycles. The minimum absolute atomic E-state index is 0.638. The molecule has 0 aromatic carbocycles. The molecule has 0 radical (unpaired) electrons. The van der Waals surface area contributed by atoms with Crippen molar-refractivity contribution in [3.8, 4) is 0 Å². The molecule has 7 heteroatoms. The number of carbonyl (C=O) groups is 1. The fraction of sp³-hybridized carbons (Fsp3) is 0.800. The van der Waals surface area contributed by atoms with Crippen molar-refractivity contribution < 1.29 is 23.4 Å². The first-order valence-corrected chi connectivity index (χ1v) is 5.14. The van der Waals surface area contributed by atoms with E-state index in [1.807, 2.05) is 0 Å². The third-order valence-electron chi connectivity index (χ3n) is 1.17. The standard InChI is InChI=1S/C5H11NO5S/c1-12(10,11)2-3(7)4(6)5(8)9/h3-4,7H,2,6H2,1H3,(H,8,9). The molecule has 0 aliphatic rings. The zero-order valence-electron chi connectivity index (χ0n) is 6.47. The van der Waals surface area contributed by atoms with E-state index in [1.54, 1.807) is 0 Å². The average molecular weight is 197 g/mol. The molecule has 4 N–H and O–H groups in total. The van der Waals surface area contributed by atoms with E-state index < -0.39 is 33.7 Å². The summed E-state index contributed by atoms with van der Waals surface area (Å²) >= 11 is 0. The molecule has 0 aromatic rings. The lowest BCUT2D eigenvalue weighted by atomic mass is 10.2. The SMILES string of the molecule is CS(=O)(=O)CC(O)C(N)C(=O)O. The molecule has 0 aromatic heterocycles. The van der Waals surface area contributed by atoms with Crippen molar-refractivity contribution in [3.05, 3.63) is 0 Å². The molecular weight excluding hydrogens is 186 g/mol. The Morgan fingerprint density at radius 3 is 2.25 bits per heavy atom. The largest absolute Gasteiger partial charge is 0.480 e. The second-order valence-corrected chi connectivity index (χ2v) is 4.71. The van der Waals surface area contributed by atoms with Gasteiger partial charge >= 0.3 is 5.97 Å². The molecule has 0 bridgehead atoms. The minimum atomic E-state index is -3.40. The van der Waals surface area contributed by atoms with Gasteiger partial charge < -0.3 is 15.9 Å². The first-order valence-electron chi connectivity index (χ1n) is 3.08. The van der Waals surface area contributed by atoms with Crippen LogP contribution < -0.4 is 5.73 Å². The number of aliphatic hydroxyl groups is 1. The third-order valence-corrected chi connectivity index (χ3v) is 2.12. The number of carboxylic acids is 1. The van der Waals surface area contributed by atoms with E-state index in [-0.39, 0.29) is 0 Å². The summed E-state index contributed by atoms with van der Waals surface area (Å²) in [4.78, 5) is 10.1. The highest BCUT2D eigenvalue weighted by molar-refractivity contribution is 7.90. The number of aliphatic carboxylic acids is 1. The Balaban J connectivity index is 4.23. The summed E-state index contributed by atoms with van der Waals surface area (Å²) in [5.74, 6) is -2.06. The predicted molar refractivity (Wildman–Crippen MR) is 41.3 cm³/mol. The Labute approximate surface area is 69.9 Å². The first-order chi connectivity index (χ1) is 5.24. The highest BCUT2D eigenvalue weighted by Crippen LogP contribution is 1.95. The Morgan fingerprint density at radius 1 is 1.58 bits per heavy atom. The van der Waals surface area contributed by atoms with Gasteiger partial charge in [-0.2, -0.15) is 0 Å². The van der Waals surface area contributed by atoms with Crippen LogP contribution in [0, 0.1) is 0 Å². The van der Waals surface area contributed by atoms with Crippen LogP contribution in [0.15, 0.2) is 0 Å². The molecule has 0 aliphatic heterocycles. The summed E-state index contributed by atoms with van der Waals surface area (Å²) in [6.45, 7) is 0. The molecular formula is C5H11NO5S. The molecule has 0 spiro atoms. The zero-order valence-corrected chi connectivity index (χ0v) is 7.28. The van der Waals surface area contributed by atoms with Crippen LogP contribution >= 0.6 is 0 Å². The molecule has 72 valence electrons. The first kappa shape index (κ1) is 11.3. The summed E-state index contributed by atoms with van der Waals surface area (Å²) in [7, 11) is -3.40. The lowest BCUT2D eigenvalue weighted by Crippen LogP contribution is -2.45. The van der Waals surface area contributed by atoms with Gasteiger partial charge in [0.15, 0.2) is 0 Å². The summed E-state index contributed by atoms with van der Waals surface area (Å²) in [5, 5.41) is 17.2. The average Bonchev–Trinajstić information content (AvgIpc) is 1.82. The second-order valence-electron chi connectivity index (χ2n) is 2.52. The minimum Gasteiger partial charge on any atom is -0.480 e. The maximum Gasteiger partial charge on any atom is 0.323 e. The zero-order chi connectivity index (χ0) is 9.94. The molecule has 0 aliphatic carbocycles. The molecule has 0 saturated carbocycles. The Hall–Kier alpha value is -0.660. The highest BCUT2D eigenvalue weighted by Gasteiger charge is 2.25. The normalized spacial score (nSPS) is 16.9. The molecule has 0 amide bonds. The van der Waals surface area contributed by atoms with E-state index in [1.165, 1.54) is 0 Å². The van der Waals surface area contributed by atoms with Crippen molar-refractivity contribution in [3.63, 3.8) is 0 Å². The quantitative estimate of drug-likeness (QED) is 0.471. The number of aliphatic hydroxyl groups excluding tert-OH is 1. The maximum atomic E-state index is 10.6. The van der Waals surface area contributed by atoms with Gasteiger partial charge in [0.2, 0.25) is 0 Å². The maximum absolute atomic E-state index is 10.6. The van der Waals surface area contributed by atoms with E-state index in [4.69, 9.17) is 15.9 Å². The van der Waals surface area contributed by atoms with Crippen molar-refractivity contribution in [2.75, 3.05) is 12.0 Å². The monoisotopic (exact) mass is 197 g/mol. The number of sulfone groups is 1. The number of rotatable bonds is 4. The van der Waals surface area contributed by atoms with Crippen molar-refractivity contribution in [2.24, 2.45) is 5.73 Å². The Kier molecular flexibility index (Phi) is 3.62. The number of hydrogen-bond acceptors (Lipinski definition) is 5. The summed E-state index contributed by atoms with van der Waals surface area (Å²) in [6, 6.07) is -1.56. The summed E-state index contributed by atoms with van der Waals surface area (Å²) in [5.41, 5.74) is 4.95. The molecule has 2 atom stereocenters. The lowest BCUT2D eigenvalue weighted by molar-refractivity contribution is -0.140. The fourth-order valence-corrected chi connectivity index (χ4v) is 1.41. The number of hydrogen-bond donors (Lipinski definition) is 3. The van der Waals surface area contributed by atoms with Gasteiger partial charge in [0, 0.05) is 6.26 Å². The third kappa shape index (κ3) is 4.27. The summed E-state index contributed by atoms with van der Waals surface area (Å²) < 4.78 is 21.1. The van der Waals surface area contributed by atoms with Crippen LogP contribution in [0.5, 0.6) is 0 Å².